The molecule has 0 fully saturated rings. The lowest BCUT2D eigenvalue weighted by Crippen LogP contribution is -2.38. The number of para-hydroxylation sites is 1. The molecule has 29 heavy (non-hydrogen) atoms. The number of hydrogen-bond donors (Lipinski definition) is 1. The van der Waals surface area contributed by atoms with Gasteiger partial charge in [0.05, 0.1) is 21.8 Å². The SMILES string of the molecule is Cc1ccc(-n2c(SC(C)C(=O)NCC(F)(F)F)nc3ccccc3c2=O)cc1. The summed E-state index contributed by atoms with van der Waals surface area (Å²) in [6, 6.07) is 14.0. The van der Waals surface area contributed by atoms with Crippen molar-refractivity contribution in [2.24, 2.45) is 0 Å². The summed E-state index contributed by atoms with van der Waals surface area (Å²) in [6.07, 6.45) is -4.49. The van der Waals surface area contributed by atoms with Crippen molar-refractivity contribution in [2.75, 3.05) is 6.54 Å². The maximum Gasteiger partial charge on any atom is 0.405 e. The van der Waals surface area contributed by atoms with Gasteiger partial charge in [-0.05, 0) is 38.1 Å². The zero-order chi connectivity index (χ0) is 21.2. The van der Waals surface area contributed by atoms with Gasteiger partial charge in [-0.25, -0.2) is 4.98 Å². The summed E-state index contributed by atoms with van der Waals surface area (Å²) in [5.74, 6) is -0.787. The van der Waals surface area contributed by atoms with Gasteiger partial charge >= 0.3 is 6.18 Å². The minimum atomic E-state index is -4.49. The van der Waals surface area contributed by atoms with Crippen LogP contribution in [0.3, 0.4) is 0 Å². The summed E-state index contributed by atoms with van der Waals surface area (Å²) >= 11 is 0.929. The zero-order valence-corrected chi connectivity index (χ0v) is 16.5. The Bertz CT molecular complexity index is 1090. The van der Waals surface area contributed by atoms with Crippen molar-refractivity contribution in [1.82, 2.24) is 14.9 Å². The number of carbonyl (C=O) groups excluding carboxylic acids is 1. The minimum Gasteiger partial charge on any atom is -0.346 e. The number of rotatable bonds is 5. The number of aryl methyl sites for hydroxylation is 1. The Labute approximate surface area is 169 Å². The lowest BCUT2D eigenvalue weighted by molar-refractivity contribution is -0.137. The predicted molar refractivity (Wildman–Crippen MR) is 106 cm³/mol. The fraction of sp³-hybridized carbons (Fsp3) is 0.250. The number of fused-ring (bicyclic) bond motifs is 1. The van der Waals surface area contributed by atoms with Gasteiger partial charge in [0.1, 0.15) is 6.54 Å². The highest BCUT2D eigenvalue weighted by atomic mass is 32.2. The van der Waals surface area contributed by atoms with E-state index in [4.69, 9.17) is 0 Å². The zero-order valence-electron chi connectivity index (χ0n) is 15.7. The monoisotopic (exact) mass is 421 g/mol. The van der Waals surface area contributed by atoms with Crippen molar-refractivity contribution < 1.29 is 18.0 Å². The van der Waals surface area contributed by atoms with Crippen LogP contribution in [0.25, 0.3) is 16.6 Å². The van der Waals surface area contributed by atoms with Crippen LogP contribution in [0.4, 0.5) is 13.2 Å². The summed E-state index contributed by atoms with van der Waals surface area (Å²) in [4.78, 5) is 29.7. The molecule has 1 unspecified atom stereocenters. The quantitative estimate of drug-likeness (QED) is 0.502. The molecular weight excluding hydrogens is 403 g/mol. The van der Waals surface area contributed by atoms with Gasteiger partial charge in [-0.15, -0.1) is 0 Å². The molecule has 2 aromatic carbocycles. The van der Waals surface area contributed by atoms with Crippen LogP contribution in [0.1, 0.15) is 12.5 Å². The number of thioether (sulfide) groups is 1. The van der Waals surface area contributed by atoms with Crippen LogP contribution in [0.2, 0.25) is 0 Å². The number of amides is 1. The Morgan fingerprint density at radius 2 is 1.83 bits per heavy atom. The molecule has 1 amide bonds. The predicted octanol–water partition coefficient (Wildman–Crippen LogP) is 3.85. The number of benzene rings is 2. The average molecular weight is 421 g/mol. The Morgan fingerprint density at radius 3 is 2.48 bits per heavy atom. The van der Waals surface area contributed by atoms with Crippen LogP contribution in [0, 0.1) is 6.92 Å². The molecule has 1 heterocycles. The van der Waals surface area contributed by atoms with Gasteiger partial charge in [0.15, 0.2) is 5.16 Å². The molecule has 0 saturated heterocycles. The summed E-state index contributed by atoms with van der Waals surface area (Å²) in [5.41, 5.74) is 1.70. The highest BCUT2D eigenvalue weighted by Gasteiger charge is 2.29. The average Bonchev–Trinajstić information content (AvgIpc) is 2.67. The van der Waals surface area contributed by atoms with Crippen molar-refractivity contribution in [3.63, 3.8) is 0 Å². The second kappa shape index (κ2) is 8.28. The fourth-order valence-electron chi connectivity index (χ4n) is 2.66. The van der Waals surface area contributed by atoms with Crippen LogP contribution in [-0.4, -0.2) is 33.4 Å². The fourth-order valence-corrected chi connectivity index (χ4v) is 3.61. The smallest absolute Gasteiger partial charge is 0.346 e. The van der Waals surface area contributed by atoms with E-state index in [1.807, 2.05) is 24.4 Å². The van der Waals surface area contributed by atoms with Crippen molar-refractivity contribution >= 4 is 28.6 Å². The number of alkyl halides is 3. The Hall–Kier alpha value is -2.81. The maximum atomic E-state index is 13.1. The Balaban J connectivity index is 2.02. The van der Waals surface area contributed by atoms with Gasteiger partial charge in [-0.3, -0.25) is 14.2 Å². The molecule has 0 bridgehead atoms. The van der Waals surface area contributed by atoms with E-state index in [1.165, 1.54) is 11.5 Å². The normalized spacial score (nSPS) is 12.7. The van der Waals surface area contributed by atoms with Gasteiger partial charge in [0.2, 0.25) is 5.91 Å². The largest absolute Gasteiger partial charge is 0.405 e. The highest BCUT2D eigenvalue weighted by Crippen LogP contribution is 2.25. The maximum absolute atomic E-state index is 13.1. The summed E-state index contributed by atoms with van der Waals surface area (Å²) in [7, 11) is 0. The summed E-state index contributed by atoms with van der Waals surface area (Å²) < 4.78 is 38.5. The first-order valence-electron chi connectivity index (χ1n) is 8.75. The third-order valence-corrected chi connectivity index (χ3v) is 5.20. The van der Waals surface area contributed by atoms with Crippen molar-refractivity contribution in [3.05, 3.63) is 64.4 Å². The molecular formula is C20H18F3N3O2S. The molecule has 152 valence electrons. The van der Waals surface area contributed by atoms with Crippen molar-refractivity contribution in [1.29, 1.82) is 0 Å². The first kappa shape index (κ1) is 20.9. The topological polar surface area (TPSA) is 64.0 Å². The van der Waals surface area contributed by atoms with Crippen LogP contribution >= 0.6 is 11.8 Å². The van der Waals surface area contributed by atoms with E-state index in [0.717, 1.165) is 17.3 Å². The first-order chi connectivity index (χ1) is 13.7. The molecule has 0 aliphatic heterocycles. The molecule has 0 aliphatic rings. The van der Waals surface area contributed by atoms with E-state index in [2.05, 4.69) is 4.98 Å². The molecule has 0 saturated carbocycles. The standard InChI is InChI=1S/C20H18F3N3O2S/c1-12-7-9-14(10-8-12)26-18(28)15-5-3-4-6-16(15)25-19(26)29-13(2)17(27)24-11-20(21,22)23/h3-10,13H,11H2,1-2H3,(H,24,27). The van der Waals surface area contributed by atoms with E-state index in [9.17, 15) is 22.8 Å². The van der Waals surface area contributed by atoms with Crippen LogP contribution in [-0.2, 0) is 4.79 Å². The Morgan fingerprint density at radius 1 is 1.17 bits per heavy atom. The first-order valence-corrected chi connectivity index (χ1v) is 9.63. The number of carbonyl (C=O) groups is 1. The van der Waals surface area contributed by atoms with E-state index in [1.54, 1.807) is 36.4 Å². The lowest BCUT2D eigenvalue weighted by Gasteiger charge is -2.17. The van der Waals surface area contributed by atoms with Crippen molar-refractivity contribution in [3.8, 4) is 5.69 Å². The lowest BCUT2D eigenvalue weighted by atomic mass is 10.2. The number of nitrogens with zero attached hydrogens (tertiary/aromatic N) is 2. The van der Waals surface area contributed by atoms with E-state index in [0.29, 0.717) is 16.6 Å². The number of halogens is 3. The van der Waals surface area contributed by atoms with E-state index < -0.39 is 23.9 Å². The highest BCUT2D eigenvalue weighted by molar-refractivity contribution is 8.00. The number of hydrogen-bond acceptors (Lipinski definition) is 4. The number of aromatic nitrogens is 2. The molecule has 0 aliphatic carbocycles. The van der Waals surface area contributed by atoms with Crippen LogP contribution < -0.4 is 10.9 Å². The molecule has 0 radical (unpaired) electrons. The van der Waals surface area contributed by atoms with E-state index >= 15 is 0 Å². The van der Waals surface area contributed by atoms with Crippen LogP contribution in [0.5, 0.6) is 0 Å². The Kier molecular flexibility index (Phi) is 5.97. The second-order valence-corrected chi connectivity index (χ2v) is 7.79. The molecule has 9 heteroatoms. The van der Waals surface area contributed by atoms with Gasteiger partial charge in [0, 0.05) is 0 Å². The minimum absolute atomic E-state index is 0.229. The third-order valence-electron chi connectivity index (χ3n) is 4.15. The van der Waals surface area contributed by atoms with Gasteiger partial charge in [0.25, 0.3) is 5.56 Å². The number of nitrogens with one attached hydrogen (secondary N) is 1. The molecule has 3 rings (SSSR count). The molecule has 1 N–H and O–H groups in total. The van der Waals surface area contributed by atoms with Crippen LogP contribution in [0.15, 0.2) is 58.5 Å². The second-order valence-electron chi connectivity index (χ2n) is 6.48. The summed E-state index contributed by atoms with van der Waals surface area (Å²) in [5, 5.41) is 1.61. The van der Waals surface area contributed by atoms with Gasteiger partial charge in [-0.2, -0.15) is 13.2 Å². The summed E-state index contributed by atoms with van der Waals surface area (Å²) in [6.45, 7) is 1.97. The molecule has 3 aromatic rings. The van der Waals surface area contributed by atoms with Gasteiger partial charge < -0.3 is 5.32 Å². The third kappa shape index (κ3) is 4.97. The molecule has 0 spiro atoms. The molecule has 5 nitrogen and oxygen atoms in total. The van der Waals surface area contributed by atoms with E-state index in [-0.39, 0.29) is 10.7 Å². The molecule has 1 atom stereocenters. The van der Waals surface area contributed by atoms with Crippen molar-refractivity contribution in [2.45, 2.75) is 30.4 Å². The molecule has 1 aromatic heterocycles. The van der Waals surface area contributed by atoms with Gasteiger partial charge in [-0.1, -0.05) is 41.6 Å².